The number of aryl methyl sites for hydroxylation is 1. The monoisotopic (exact) mass is 471 g/mol. The molecule has 170 valence electrons. The van der Waals surface area contributed by atoms with Crippen molar-refractivity contribution in [1.82, 2.24) is 13.6 Å². The van der Waals surface area contributed by atoms with Crippen molar-refractivity contribution in [2.24, 2.45) is 0 Å². The second kappa shape index (κ2) is 9.39. The average molecular weight is 472 g/mol. The molecular weight excluding hydrogens is 447 g/mol. The van der Waals surface area contributed by atoms with Crippen LogP contribution in [-0.4, -0.2) is 83.1 Å². The van der Waals surface area contributed by atoms with Gasteiger partial charge in [0.1, 0.15) is 0 Å². The van der Waals surface area contributed by atoms with Crippen LogP contribution in [-0.2, 0) is 26.3 Å². The normalized spacial score (nSPS) is 21.2. The molecule has 0 bridgehead atoms. The van der Waals surface area contributed by atoms with E-state index in [4.69, 9.17) is 14.6 Å². The molecule has 1 aromatic heterocycles. The smallest absolute Gasteiger partial charge is 0.475 e. The fourth-order valence-corrected chi connectivity index (χ4v) is 6.00. The van der Waals surface area contributed by atoms with Crippen molar-refractivity contribution in [3.05, 3.63) is 29.6 Å². The van der Waals surface area contributed by atoms with E-state index in [-0.39, 0.29) is 10.9 Å². The zero-order valence-corrected chi connectivity index (χ0v) is 18.4. The number of aliphatic carboxylic acids is 1. The van der Waals surface area contributed by atoms with Crippen LogP contribution in [0.15, 0.2) is 18.2 Å². The van der Waals surface area contributed by atoms with Crippen LogP contribution in [0, 0.1) is 6.92 Å². The highest BCUT2D eigenvalue weighted by Crippen LogP contribution is 2.47. The molecule has 1 aromatic rings. The number of carboxylic acids is 1. The highest BCUT2D eigenvalue weighted by molar-refractivity contribution is 8.01. The Kier molecular flexibility index (Phi) is 7.78. The second-order valence-corrected chi connectivity index (χ2v) is 10.9. The molecule has 2 fully saturated rings. The highest BCUT2D eigenvalue weighted by Gasteiger charge is 2.53. The van der Waals surface area contributed by atoms with E-state index in [0.29, 0.717) is 19.7 Å². The zero-order chi connectivity index (χ0) is 22.7. The molecule has 0 aliphatic carbocycles. The Labute approximate surface area is 177 Å². The molecule has 2 aliphatic rings. The molecular formula is C17H24F3N3O5S2. The van der Waals surface area contributed by atoms with Gasteiger partial charge in [-0.05, 0) is 25.5 Å². The summed E-state index contributed by atoms with van der Waals surface area (Å²) >= 11 is 1.84. The van der Waals surface area contributed by atoms with Crippen molar-refractivity contribution in [2.45, 2.75) is 37.0 Å². The van der Waals surface area contributed by atoms with E-state index >= 15 is 0 Å². The Morgan fingerprint density at radius 2 is 2.00 bits per heavy atom. The maximum absolute atomic E-state index is 12.1. The van der Waals surface area contributed by atoms with Crippen molar-refractivity contribution in [1.29, 1.82) is 0 Å². The van der Waals surface area contributed by atoms with E-state index in [1.165, 1.54) is 4.31 Å². The van der Waals surface area contributed by atoms with Crippen LogP contribution < -0.4 is 0 Å². The SMILES string of the molecule is Cc1cccc(COC2CSC3(C2)CN(S(=O)(=O)N(C)C)C3)n1.O=C(O)C(F)(F)F. The minimum Gasteiger partial charge on any atom is -0.475 e. The first-order valence-corrected chi connectivity index (χ1v) is 11.3. The third-order valence-electron chi connectivity index (χ3n) is 4.55. The number of alkyl halides is 3. The molecule has 3 rings (SSSR count). The molecule has 3 heterocycles. The van der Waals surface area contributed by atoms with Gasteiger partial charge in [-0.15, -0.1) is 11.8 Å². The van der Waals surface area contributed by atoms with Crippen molar-refractivity contribution in [3.8, 4) is 0 Å². The van der Waals surface area contributed by atoms with Gasteiger partial charge in [-0.2, -0.15) is 30.2 Å². The lowest BCUT2D eigenvalue weighted by Crippen LogP contribution is -2.62. The Bertz CT molecular complexity index is 858. The summed E-state index contributed by atoms with van der Waals surface area (Å²) < 4.78 is 64.7. The molecule has 1 N–H and O–H groups in total. The summed E-state index contributed by atoms with van der Waals surface area (Å²) in [7, 11) is -0.134. The lowest BCUT2D eigenvalue weighted by Gasteiger charge is -2.46. The summed E-state index contributed by atoms with van der Waals surface area (Å²) in [5, 5.41) is 7.12. The maximum Gasteiger partial charge on any atom is 0.490 e. The number of nitrogens with zero attached hydrogens (tertiary/aromatic N) is 3. The number of carbonyl (C=O) groups is 1. The van der Waals surface area contributed by atoms with E-state index in [9.17, 15) is 21.6 Å². The maximum atomic E-state index is 12.1. The minimum atomic E-state index is -5.08. The first kappa shape index (κ1) is 24.9. The van der Waals surface area contributed by atoms with E-state index in [0.717, 1.165) is 23.6 Å². The van der Waals surface area contributed by atoms with Crippen LogP contribution in [0.4, 0.5) is 13.2 Å². The van der Waals surface area contributed by atoms with Gasteiger partial charge in [0, 0.05) is 43.4 Å². The molecule has 8 nitrogen and oxygen atoms in total. The van der Waals surface area contributed by atoms with Gasteiger partial charge >= 0.3 is 12.1 Å². The van der Waals surface area contributed by atoms with E-state index < -0.39 is 22.4 Å². The largest absolute Gasteiger partial charge is 0.490 e. The van der Waals surface area contributed by atoms with Crippen LogP contribution in [0.2, 0.25) is 0 Å². The Morgan fingerprint density at radius 1 is 1.40 bits per heavy atom. The van der Waals surface area contributed by atoms with Gasteiger partial charge in [-0.3, -0.25) is 4.98 Å². The summed E-state index contributed by atoms with van der Waals surface area (Å²) in [6.07, 6.45) is -4.00. The number of ether oxygens (including phenoxy) is 1. The number of rotatable bonds is 5. The van der Waals surface area contributed by atoms with E-state index in [2.05, 4.69) is 4.98 Å². The lowest BCUT2D eigenvalue weighted by molar-refractivity contribution is -0.192. The van der Waals surface area contributed by atoms with Gasteiger partial charge < -0.3 is 9.84 Å². The standard InChI is InChI=1S/C15H23N3O3S2.C2HF3O2/c1-12-5-4-6-13(16-12)8-21-14-7-15(22-9-14)10-18(11-15)23(19,20)17(2)3;3-2(4,5)1(6)7/h4-6,14H,7-11H2,1-3H3;(H,6,7). The van der Waals surface area contributed by atoms with Gasteiger partial charge in [0.15, 0.2) is 0 Å². The molecule has 0 radical (unpaired) electrons. The summed E-state index contributed by atoms with van der Waals surface area (Å²) in [5.41, 5.74) is 1.94. The first-order chi connectivity index (χ1) is 13.7. The molecule has 0 amide bonds. The Morgan fingerprint density at radius 3 is 2.50 bits per heavy atom. The van der Waals surface area contributed by atoms with Crippen molar-refractivity contribution in [3.63, 3.8) is 0 Å². The number of hydrogen-bond acceptors (Lipinski definition) is 6. The van der Waals surface area contributed by atoms with Crippen LogP contribution >= 0.6 is 11.8 Å². The van der Waals surface area contributed by atoms with Crippen molar-refractivity contribution < 1.29 is 36.2 Å². The lowest BCUT2D eigenvalue weighted by atomic mass is 9.95. The van der Waals surface area contributed by atoms with Crippen LogP contribution in [0.5, 0.6) is 0 Å². The third-order valence-corrected chi connectivity index (χ3v) is 7.96. The average Bonchev–Trinajstić information content (AvgIpc) is 3.03. The Hall–Kier alpha value is -1.41. The van der Waals surface area contributed by atoms with Crippen LogP contribution in [0.25, 0.3) is 0 Å². The molecule has 13 heteroatoms. The number of carboxylic acid groups (broad SMARTS) is 1. The number of aromatic nitrogens is 1. The summed E-state index contributed by atoms with van der Waals surface area (Å²) in [4.78, 5) is 13.3. The van der Waals surface area contributed by atoms with E-state index in [1.807, 2.05) is 36.9 Å². The number of pyridine rings is 1. The molecule has 1 unspecified atom stereocenters. The summed E-state index contributed by atoms with van der Waals surface area (Å²) in [6, 6.07) is 5.93. The van der Waals surface area contributed by atoms with Gasteiger partial charge in [-0.1, -0.05) is 6.07 Å². The zero-order valence-electron chi connectivity index (χ0n) is 16.7. The summed E-state index contributed by atoms with van der Waals surface area (Å²) in [6.45, 7) is 3.65. The van der Waals surface area contributed by atoms with Crippen LogP contribution in [0.1, 0.15) is 17.8 Å². The van der Waals surface area contributed by atoms with Gasteiger partial charge in [0.2, 0.25) is 0 Å². The first-order valence-electron chi connectivity index (χ1n) is 8.91. The van der Waals surface area contributed by atoms with Crippen molar-refractivity contribution in [2.75, 3.05) is 32.9 Å². The number of hydrogen-bond donors (Lipinski definition) is 1. The van der Waals surface area contributed by atoms with Gasteiger partial charge in [-0.25, -0.2) is 4.79 Å². The predicted octanol–water partition coefficient (Wildman–Crippen LogP) is 1.91. The quantitative estimate of drug-likeness (QED) is 0.700. The second-order valence-electron chi connectivity index (χ2n) is 7.26. The molecule has 2 aliphatic heterocycles. The molecule has 1 spiro atoms. The Balaban J connectivity index is 0.000000396. The molecule has 2 saturated heterocycles. The predicted molar refractivity (Wildman–Crippen MR) is 105 cm³/mol. The number of thioether (sulfide) groups is 1. The van der Waals surface area contributed by atoms with E-state index in [1.54, 1.807) is 18.4 Å². The molecule has 0 aromatic carbocycles. The van der Waals surface area contributed by atoms with Crippen LogP contribution in [0.3, 0.4) is 0 Å². The van der Waals surface area contributed by atoms with Crippen molar-refractivity contribution >= 4 is 27.9 Å². The topological polar surface area (TPSA) is 100 Å². The van der Waals surface area contributed by atoms with Gasteiger partial charge in [0.05, 0.1) is 18.4 Å². The minimum absolute atomic E-state index is 0.0355. The number of halogens is 3. The summed E-state index contributed by atoms with van der Waals surface area (Å²) in [5.74, 6) is -1.84. The highest BCUT2D eigenvalue weighted by atomic mass is 32.2. The molecule has 0 saturated carbocycles. The molecule has 30 heavy (non-hydrogen) atoms. The third kappa shape index (κ3) is 6.30. The fourth-order valence-electron chi connectivity index (χ4n) is 3.00. The molecule has 1 atom stereocenters. The van der Waals surface area contributed by atoms with Gasteiger partial charge in [0.25, 0.3) is 10.2 Å². The fraction of sp³-hybridized carbons (Fsp3) is 0.647.